The van der Waals surface area contributed by atoms with Crippen molar-refractivity contribution in [2.24, 2.45) is 5.92 Å². The molecular formula is C12H23N3. The molecule has 2 atom stereocenters. The lowest BCUT2D eigenvalue weighted by atomic mass is 9.96. The Hall–Kier alpha value is -0.590. The van der Waals surface area contributed by atoms with Crippen LogP contribution in [0.2, 0.25) is 0 Å². The van der Waals surface area contributed by atoms with Gasteiger partial charge < -0.3 is 5.32 Å². The summed E-state index contributed by atoms with van der Waals surface area (Å²) in [6.45, 7) is 8.60. The molecule has 1 fully saturated rings. The van der Waals surface area contributed by atoms with E-state index in [4.69, 9.17) is 5.26 Å². The van der Waals surface area contributed by atoms with E-state index < -0.39 is 0 Å². The Balaban J connectivity index is 2.38. The van der Waals surface area contributed by atoms with Crippen molar-refractivity contribution < 1.29 is 0 Å². The molecule has 2 unspecified atom stereocenters. The fourth-order valence-electron chi connectivity index (χ4n) is 2.33. The van der Waals surface area contributed by atoms with Gasteiger partial charge in [-0.15, -0.1) is 0 Å². The first-order chi connectivity index (χ1) is 7.31. The molecule has 0 bridgehead atoms. The summed E-state index contributed by atoms with van der Waals surface area (Å²) in [5, 5.41) is 12.4. The van der Waals surface area contributed by atoms with Crippen LogP contribution in [0.3, 0.4) is 0 Å². The smallest absolute Gasteiger partial charge is 0.0975 e. The predicted octanol–water partition coefficient (Wildman–Crippen LogP) is 1.61. The van der Waals surface area contributed by atoms with E-state index in [0.717, 1.165) is 38.5 Å². The van der Waals surface area contributed by atoms with Crippen molar-refractivity contribution in [3.8, 4) is 6.07 Å². The molecule has 0 radical (unpaired) electrons. The highest BCUT2D eigenvalue weighted by Gasteiger charge is 2.24. The second kappa shape index (κ2) is 6.81. The van der Waals surface area contributed by atoms with Gasteiger partial charge in [0.05, 0.1) is 12.1 Å². The van der Waals surface area contributed by atoms with Crippen molar-refractivity contribution in [2.75, 3.05) is 26.2 Å². The van der Waals surface area contributed by atoms with Gasteiger partial charge in [0.25, 0.3) is 0 Å². The van der Waals surface area contributed by atoms with E-state index in [9.17, 15) is 0 Å². The van der Waals surface area contributed by atoms with Gasteiger partial charge in [-0.1, -0.05) is 13.8 Å². The molecule has 86 valence electrons. The Morgan fingerprint density at radius 2 is 2.33 bits per heavy atom. The number of hydrogen-bond acceptors (Lipinski definition) is 3. The van der Waals surface area contributed by atoms with Gasteiger partial charge >= 0.3 is 0 Å². The molecule has 0 amide bonds. The Kier molecular flexibility index (Phi) is 5.67. The summed E-state index contributed by atoms with van der Waals surface area (Å²) in [5.74, 6) is 0.737. The van der Waals surface area contributed by atoms with Crippen LogP contribution in [0.15, 0.2) is 0 Å². The maximum Gasteiger partial charge on any atom is 0.0975 e. The minimum Gasteiger partial charge on any atom is -0.317 e. The number of piperidine rings is 1. The highest BCUT2D eigenvalue weighted by Crippen LogP contribution is 2.18. The van der Waals surface area contributed by atoms with Gasteiger partial charge in [0.2, 0.25) is 0 Å². The molecule has 0 aromatic carbocycles. The Morgan fingerprint density at radius 3 is 2.93 bits per heavy atom. The van der Waals surface area contributed by atoms with Gasteiger partial charge in [-0.25, -0.2) is 0 Å². The van der Waals surface area contributed by atoms with Crippen LogP contribution < -0.4 is 5.32 Å². The lowest BCUT2D eigenvalue weighted by Gasteiger charge is -2.35. The highest BCUT2D eigenvalue weighted by atomic mass is 15.2. The zero-order chi connectivity index (χ0) is 11.1. The van der Waals surface area contributed by atoms with Crippen LogP contribution in [0, 0.1) is 17.2 Å². The van der Waals surface area contributed by atoms with Crippen molar-refractivity contribution in [1.29, 1.82) is 5.26 Å². The Bertz CT molecular complexity index is 209. The molecule has 1 aliphatic rings. The molecule has 1 rings (SSSR count). The fraction of sp³-hybridized carbons (Fsp3) is 0.917. The summed E-state index contributed by atoms with van der Waals surface area (Å²) < 4.78 is 0. The molecule has 1 heterocycles. The standard InChI is InChI=1S/C12H23N3/c1-3-12(8-13)15-7-5-6-11(10-15)9-14-4-2/h11-12,14H,3-7,9-10H2,1-2H3. The first-order valence-electron chi connectivity index (χ1n) is 6.16. The second-order valence-electron chi connectivity index (χ2n) is 4.36. The van der Waals surface area contributed by atoms with Crippen molar-refractivity contribution >= 4 is 0 Å². The van der Waals surface area contributed by atoms with Crippen molar-refractivity contribution in [1.82, 2.24) is 10.2 Å². The number of likely N-dealkylation sites (tertiary alicyclic amines) is 1. The first kappa shape index (κ1) is 12.5. The van der Waals surface area contributed by atoms with Gasteiger partial charge in [-0.2, -0.15) is 5.26 Å². The monoisotopic (exact) mass is 209 g/mol. The Labute approximate surface area is 93.5 Å². The third kappa shape index (κ3) is 3.81. The number of nitriles is 1. The largest absolute Gasteiger partial charge is 0.317 e. The molecule has 1 aliphatic heterocycles. The average Bonchev–Trinajstić information content (AvgIpc) is 2.29. The molecule has 0 aliphatic carbocycles. The highest BCUT2D eigenvalue weighted by molar-refractivity contribution is 4.93. The van der Waals surface area contributed by atoms with E-state index >= 15 is 0 Å². The number of rotatable bonds is 5. The molecule has 3 nitrogen and oxygen atoms in total. The van der Waals surface area contributed by atoms with E-state index in [1.54, 1.807) is 0 Å². The van der Waals surface area contributed by atoms with Crippen LogP contribution in [0.1, 0.15) is 33.1 Å². The zero-order valence-electron chi connectivity index (χ0n) is 10.00. The topological polar surface area (TPSA) is 39.1 Å². The van der Waals surface area contributed by atoms with E-state index in [1.165, 1.54) is 12.8 Å². The number of nitrogens with zero attached hydrogens (tertiary/aromatic N) is 2. The molecule has 0 saturated carbocycles. The van der Waals surface area contributed by atoms with Gasteiger partial charge in [0.1, 0.15) is 0 Å². The minimum absolute atomic E-state index is 0.134. The third-order valence-electron chi connectivity index (χ3n) is 3.21. The minimum atomic E-state index is 0.134. The molecule has 1 saturated heterocycles. The first-order valence-corrected chi connectivity index (χ1v) is 6.16. The van der Waals surface area contributed by atoms with Crippen LogP contribution >= 0.6 is 0 Å². The molecule has 15 heavy (non-hydrogen) atoms. The number of nitrogens with one attached hydrogen (secondary N) is 1. The summed E-state index contributed by atoms with van der Waals surface area (Å²) in [6.07, 6.45) is 3.50. The number of hydrogen-bond donors (Lipinski definition) is 1. The van der Waals surface area contributed by atoms with E-state index in [0.29, 0.717) is 0 Å². The summed E-state index contributed by atoms with van der Waals surface area (Å²) >= 11 is 0. The lowest BCUT2D eigenvalue weighted by Crippen LogP contribution is -2.44. The molecular weight excluding hydrogens is 186 g/mol. The quantitative estimate of drug-likeness (QED) is 0.747. The molecule has 3 heteroatoms. The SMILES string of the molecule is CCNCC1CCCN(C(C#N)CC)C1. The Morgan fingerprint density at radius 1 is 1.53 bits per heavy atom. The normalized spacial score (nSPS) is 24.7. The summed E-state index contributed by atoms with van der Waals surface area (Å²) in [5.41, 5.74) is 0. The molecule has 1 N–H and O–H groups in total. The average molecular weight is 209 g/mol. The van der Waals surface area contributed by atoms with Crippen LogP contribution in [0.25, 0.3) is 0 Å². The molecule has 0 aromatic rings. The van der Waals surface area contributed by atoms with E-state index in [-0.39, 0.29) is 6.04 Å². The van der Waals surface area contributed by atoms with Gasteiger partial charge in [-0.3, -0.25) is 4.90 Å². The molecule has 0 aromatic heterocycles. The van der Waals surface area contributed by atoms with Crippen LogP contribution in [-0.4, -0.2) is 37.1 Å². The van der Waals surface area contributed by atoms with E-state index in [1.807, 2.05) is 0 Å². The fourth-order valence-corrected chi connectivity index (χ4v) is 2.33. The van der Waals surface area contributed by atoms with Crippen LogP contribution in [-0.2, 0) is 0 Å². The summed E-state index contributed by atoms with van der Waals surface area (Å²) in [4.78, 5) is 2.35. The van der Waals surface area contributed by atoms with Gasteiger partial charge in [0, 0.05) is 6.54 Å². The summed E-state index contributed by atoms with van der Waals surface area (Å²) in [7, 11) is 0. The second-order valence-corrected chi connectivity index (χ2v) is 4.36. The van der Waals surface area contributed by atoms with Crippen molar-refractivity contribution in [3.05, 3.63) is 0 Å². The summed E-state index contributed by atoms with van der Waals surface area (Å²) in [6, 6.07) is 2.54. The van der Waals surface area contributed by atoms with Gasteiger partial charge in [-0.05, 0) is 44.8 Å². The zero-order valence-corrected chi connectivity index (χ0v) is 10.00. The maximum absolute atomic E-state index is 9.03. The van der Waals surface area contributed by atoms with Crippen molar-refractivity contribution in [2.45, 2.75) is 39.2 Å². The third-order valence-corrected chi connectivity index (χ3v) is 3.21. The van der Waals surface area contributed by atoms with Gasteiger partial charge in [0.15, 0.2) is 0 Å². The predicted molar refractivity (Wildman–Crippen MR) is 62.5 cm³/mol. The van der Waals surface area contributed by atoms with Crippen LogP contribution in [0.5, 0.6) is 0 Å². The molecule has 0 spiro atoms. The maximum atomic E-state index is 9.03. The lowest BCUT2D eigenvalue weighted by molar-refractivity contribution is 0.144. The van der Waals surface area contributed by atoms with Crippen LogP contribution in [0.4, 0.5) is 0 Å². The van der Waals surface area contributed by atoms with E-state index in [2.05, 4.69) is 30.1 Å². The van der Waals surface area contributed by atoms with Crippen molar-refractivity contribution in [3.63, 3.8) is 0 Å².